The molecule has 1 amide bonds. The van der Waals surface area contributed by atoms with Crippen molar-refractivity contribution in [3.8, 4) is 17.1 Å². The molecule has 6 heteroatoms. The van der Waals surface area contributed by atoms with E-state index in [0.29, 0.717) is 24.7 Å². The summed E-state index contributed by atoms with van der Waals surface area (Å²) < 4.78 is 11.2. The summed E-state index contributed by atoms with van der Waals surface area (Å²) in [6, 6.07) is 13.7. The van der Waals surface area contributed by atoms with Gasteiger partial charge in [0.25, 0.3) is 0 Å². The van der Waals surface area contributed by atoms with Crippen LogP contribution in [0.5, 0.6) is 5.75 Å². The normalized spacial score (nSPS) is 16.7. The molecule has 150 valence electrons. The van der Waals surface area contributed by atoms with E-state index in [9.17, 15) is 4.79 Å². The molecule has 0 radical (unpaired) electrons. The molecule has 3 aromatic rings. The quantitative estimate of drug-likeness (QED) is 0.633. The van der Waals surface area contributed by atoms with Crippen molar-refractivity contribution in [2.45, 2.75) is 46.1 Å². The second kappa shape index (κ2) is 7.70. The number of aromatic nitrogens is 2. The highest BCUT2D eigenvalue weighted by atomic mass is 16.5. The molecule has 1 aromatic heterocycles. The standard InChI is InChI=1S/C23H25N3O3/c1-14(2)28-19-10-8-17(9-11-19)22-24-23(29-25-22)18-12-20(27)26(13-18)21-15(3)6-5-7-16(21)4/h5-11,14,18H,12-13H2,1-4H3. The summed E-state index contributed by atoms with van der Waals surface area (Å²) in [5.74, 6) is 1.81. The zero-order valence-corrected chi connectivity index (χ0v) is 17.2. The maximum Gasteiger partial charge on any atom is 0.232 e. The lowest BCUT2D eigenvalue weighted by molar-refractivity contribution is -0.117. The van der Waals surface area contributed by atoms with Gasteiger partial charge in [0.05, 0.1) is 12.0 Å². The number of hydrogen-bond donors (Lipinski definition) is 0. The zero-order valence-electron chi connectivity index (χ0n) is 17.2. The minimum atomic E-state index is -0.105. The first-order valence-corrected chi connectivity index (χ1v) is 9.89. The molecular weight excluding hydrogens is 366 g/mol. The molecule has 1 aliphatic heterocycles. The second-order valence-electron chi connectivity index (χ2n) is 7.79. The monoisotopic (exact) mass is 391 g/mol. The number of para-hydroxylation sites is 1. The van der Waals surface area contributed by atoms with Gasteiger partial charge >= 0.3 is 0 Å². The third kappa shape index (κ3) is 3.88. The lowest BCUT2D eigenvalue weighted by Gasteiger charge is -2.21. The number of amides is 1. The SMILES string of the molecule is Cc1cccc(C)c1N1CC(c2nc(-c3ccc(OC(C)C)cc3)no2)CC1=O. The Morgan fingerprint density at radius 1 is 1.10 bits per heavy atom. The Hall–Kier alpha value is -3.15. The number of aryl methyl sites for hydroxylation is 2. The Morgan fingerprint density at radius 2 is 1.79 bits per heavy atom. The van der Waals surface area contributed by atoms with Gasteiger partial charge in [0, 0.05) is 24.2 Å². The highest BCUT2D eigenvalue weighted by molar-refractivity contribution is 5.97. The fourth-order valence-corrected chi connectivity index (χ4v) is 3.79. The topological polar surface area (TPSA) is 68.5 Å². The van der Waals surface area contributed by atoms with Crippen molar-refractivity contribution in [2.24, 2.45) is 0 Å². The maximum atomic E-state index is 12.7. The Kier molecular flexibility index (Phi) is 5.09. The maximum absolute atomic E-state index is 12.7. The van der Waals surface area contributed by atoms with Gasteiger partial charge in [-0.15, -0.1) is 0 Å². The number of benzene rings is 2. The summed E-state index contributed by atoms with van der Waals surface area (Å²) in [7, 11) is 0. The van der Waals surface area contributed by atoms with E-state index in [1.54, 1.807) is 0 Å². The summed E-state index contributed by atoms with van der Waals surface area (Å²) in [6.07, 6.45) is 0.494. The van der Waals surface area contributed by atoms with Crippen molar-refractivity contribution in [3.05, 3.63) is 59.5 Å². The molecular formula is C23H25N3O3. The van der Waals surface area contributed by atoms with E-state index in [1.807, 2.05) is 75.1 Å². The van der Waals surface area contributed by atoms with E-state index in [4.69, 9.17) is 9.26 Å². The van der Waals surface area contributed by atoms with Gasteiger partial charge in [-0.25, -0.2) is 0 Å². The van der Waals surface area contributed by atoms with Gasteiger partial charge in [-0.2, -0.15) is 4.98 Å². The van der Waals surface area contributed by atoms with Crippen molar-refractivity contribution >= 4 is 11.6 Å². The molecule has 4 rings (SSSR count). The minimum absolute atomic E-state index is 0.0855. The van der Waals surface area contributed by atoms with Gasteiger partial charge in [-0.3, -0.25) is 4.79 Å². The van der Waals surface area contributed by atoms with Crippen molar-refractivity contribution in [3.63, 3.8) is 0 Å². The van der Waals surface area contributed by atoms with Crippen LogP contribution in [-0.4, -0.2) is 28.7 Å². The molecule has 0 saturated carbocycles. The average Bonchev–Trinajstić information content (AvgIpc) is 3.29. The molecule has 6 nitrogen and oxygen atoms in total. The van der Waals surface area contributed by atoms with Crippen LogP contribution in [0.15, 0.2) is 47.0 Å². The molecule has 0 N–H and O–H groups in total. The van der Waals surface area contributed by atoms with Crippen LogP contribution in [-0.2, 0) is 4.79 Å². The molecule has 0 aliphatic carbocycles. The summed E-state index contributed by atoms with van der Waals surface area (Å²) in [5, 5.41) is 4.12. The number of carbonyl (C=O) groups excluding carboxylic acids is 1. The molecule has 1 fully saturated rings. The average molecular weight is 391 g/mol. The van der Waals surface area contributed by atoms with Crippen molar-refractivity contribution in [1.29, 1.82) is 0 Å². The number of nitrogens with zero attached hydrogens (tertiary/aromatic N) is 3. The largest absolute Gasteiger partial charge is 0.491 e. The van der Waals surface area contributed by atoms with Crippen molar-refractivity contribution < 1.29 is 14.1 Å². The molecule has 29 heavy (non-hydrogen) atoms. The number of rotatable bonds is 5. The highest BCUT2D eigenvalue weighted by Crippen LogP contribution is 2.35. The number of hydrogen-bond acceptors (Lipinski definition) is 5. The summed E-state index contributed by atoms with van der Waals surface area (Å²) in [5.41, 5.74) is 4.02. The Balaban J connectivity index is 1.52. The third-order valence-electron chi connectivity index (χ3n) is 5.11. The lowest BCUT2D eigenvalue weighted by Crippen LogP contribution is -2.26. The Morgan fingerprint density at radius 3 is 2.45 bits per heavy atom. The molecule has 2 heterocycles. The molecule has 1 unspecified atom stereocenters. The highest BCUT2D eigenvalue weighted by Gasteiger charge is 2.36. The lowest BCUT2D eigenvalue weighted by atomic mass is 10.1. The van der Waals surface area contributed by atoms with Crippen LogP contribution < -0.4 is 9.64 Å². The molecule has 1 saturated heterocycles. The van der Waals surface area contributed by atoms with Crippen LogP contribution in [0.4, 0.5) is 5.69 Å². The minimum Gasteiger partial charge on any atom is -0.491 e. The number of ether oxygens (including phenoxy) is 1. The van der Waals surface area contributed by atoms with Crippen molar-refractivity contribution in [1.82, 2.24) is 10.1 Å². The van der Waals surface area contributed by atoms with E-state index >= 15 is 0 Å². The summed E-state index contributed by atoms with van der Waals surface area (Å²) in [6.45, 7) is 8.59. The van der Waals surface area contributed by atoms with Gasteiger partial charge < -0.3 is 14.2 Å². The molecule has 0 bridgehead atoms. The Bertz CT molecular complexity index is 1000. The van der Waals surface area contributed by atoms with Crippen LogP contribution in [0.1, 0.15) is 43.2 Å². The van der Waals surface area contributed by atoms with E-state index in [0.717, 1.165) is 28.1 Å². The van der Waals surface area contributed by atoms with Crippen LogP contribution in [0.3, 0.4) is 0 Å². The van der Waals surface area contributed by atoms with Crippen LogP contribution in [0, 0.1) is 13.8 Å². The van der Waals surface area contributed by atoms with Gasteiger partial charge in [-0.05, 0) is 63.1 Å². The van der Waals surface area contributed by atoms with E-state index in [2.05, 4.69) is 10.1 Å². The fraction of sp³-hybridized carbons (Fsp3) is 0.348. The molecule has 1 atom stereocenters. The zero-order chi connectivity index (χ0) is 20.5. The smallest absolute Gasteiger partial charge is 0.232 e. The molecule has 1 aliphatic rings. The Labute approximate surface area is 170 Å². The van der Waals surface area contributed by atoms with Crippen LogP contribution in [0.2, 0.25) is 0 Å². The van der Waals surface area contributed by atoms with Gasteiger partial charge in [0.2, 0.25) is 17.6 Å². The summed E-state index contributed by atoms with van der Waals surface area (Å²) in [4.78, 5) is 19.1. The van der Waals surface area contributed by atoms with Crippen LogP contribution >= 0.6 is 0 Å². The fourth-order valence-electron chi connectivity index (χ4n) is 3.79. The van der Waals surface area contributed by atoms with Gasteiger partial charge in [0.1, 0.15) is 5.75 Å². The first-order chi connectivity index (χ1) is 13.9. The van der Waals surface area contributed by atoms with Crippen LogP contribution in [0.25, 0.3) is 11.4 Å². The second-order valence-corrected chi connectivity index (χ2v) is 7.79. The number of anilines is 1. The predicted molar refractivity (Wildman–Crippen MR) is 111 cm³/mol. The van der Waals surface area contributed by atoms with Crippen molar-refractivity contribution in [2.75, 3.05) is 11.4 Å². The summed E-state index contributed by atoms with van der Waals surface area (Å²) >= 11 is 0. The number of carbonyl (C=O) groups is 1. The van der Waals surface area contributed by atoms with E-state index < -0.39 is 0 Å². The van der Waals surface area contributed by atoms with E-state index in [-0.39, 0.29) is 17.9 Å². The first kappa shape index (κ1) is 19.2. The molecule has 0 spiro atoms. The third-order valence-corrected chi connectivity index (χ3v) is 5.11. The predicted octanol–water partition coefficient (Wildman–Crippen LogP) is 4.66. The first-order valence-electron chi connectivity index (χ1n) is 9.89. The molecule has 2 aromatic carbocycles. The van der Waals surface area contributed by atoms with E-state index in [1.165, 1.54) is 0 Å². The van der Waals surface area contributed by atoms with Gasteiger partial charge in [-0.1, -0.05) is 23.4 Å². The van der Waals surface area contributed by atoms with Gasteiger partial charge in [0.15, 0.2) is 0 Å².